The first-order valence-corrected chi connectivity index (χ1v) is 6.77. The average molecular weight is 272 g/mol. The molecule has 0 spiro atoms. The van der Waals surface area contributed by atoms with Gasteiger partial charge in [0.15, 0.2) is 0 Å². The van der Waals surface area contributed by atoms with Crippen molar-refractivity contribution < 1.29 is 14.7 Å². The van der Waals surface area contributed by atoms with Gasteiger partial charge in [0.05, 0.1) is 11.8 Å². The zero-order chi connectivity index (χ0) is 15.3. The lowest BCUT2D eigenvalue weighted by Gasteiger charge is -2.31. The Morgan fingerprint density at radius 3 is 2.11 bits per heavy atom. The summed E-state index contributed by atoms with van der Waals surface area (Å²) < 4.78 is 0. The van der Waals surface area contributed by atoms with Crippen LogP contribution in [0, 0.1) is 10.8 Å². The van der Waals surface area contributed by atoms with Crippen LogP contribution in [-0.4, -0.2) is 29.6 Å². The third-order valence-corrected chi connectivity index (χ3v) is 3.39. The second kappa shape index (κ2) is 6.89. The van der Waals surface area contributed by atoms with Gasteiger partial charge in [0.1, 0.15) is 0 Å². The summed E-state index contributed by atoms with van der Waals surface area (Å²) >= 11 is 0. The fourth-order valence-corrected chi connectivity index (χ4v) is 1.88. The largest absolute Gasteiger partial charge is 0.481 e. The lowest BCUT2D eigenvalue weighted by molar-refractivity contribution is -0.138. The van der Waals surface area contributed by atoms with Crippen molar-refractivity contribution >= 4 is 11.9 Å². The Kier molecular flexibility index (Phi) is 6.49. The zero-order valence-corrected chi connectivity index (χ0v) is 12.7. The topological polar surface area (TPSA) is 92.4 Å². The number of hydrogen-bond acceptors (Lipinski definition) is 3. The highest BCUT2D eigenvalue weighted by Gasteiger charge is 2.32. The average Bonchev–Trinajstić information content (AvgIpc) is 2.24. The lowest BCUT2D eigenvalue weighted by Crippen LogP contribution is -2.48. The first-order valence-electron chi connectivity index (χ1n) is 6.77. The van der Waals surface area contributed by atoms with Crippen LogP contribution in [0.25, 0.3) is 0 Å². The van der Waals surface area contributed by atoms with Crippen LogP contribution in [0.2, 0.25) is 0 Å². The fourth-order valence-electron chi connectivity index (χ4n) is 1.88. The Bertz CT molecular complexity index is 317. The molecule has 0 rings (SSSR count). The van der Waals surface area contributed by atoms with Gasteiger partial charge in [0.2, 0.25) is 5.91 Å². The minimum absolute atomic E-state index is 0.0429. The standard InChI is InChI=1S/C14H28N2O3/c1-6-14(5,9-15)12(19)16-10(7-11(17)18)8-13(2,3)4/h10H,6-9,15H2,1-5H3,(H,16,19)(H,17,18). The van der Waals surface area contributed by atoms with Crippen LogP contribution >= 0.6 is 0 Å². The van der Waals surface area contributed by atoms with E-state index in [2.05, 4.69) is 5.32 Å². The molecule has 0 aliphatic rings. The molecule has 0 saturated heterocycles. The van der Waals surface area contributed by atoms with Crippen LogP contribution in [0.1, 0.15) is 53.9 Å². The van der Waals surface area contributed by atoms with Gasteiger partial charge in [-0.25, -0.2) is 0 Å². The van der Waals surface area contributed by atoms with Crippen LogP contribution in [0.15, 0.2) is 0 Å². The van der Waals surface area contributed by atoms with E-state index in [4.69, 9.17) is 10.8 Å². The first-order chi connectivity index (χ1) is 8.54. The quantitative estimate of drug-likeness (QED) is 0.658. The highest BCUT2D eigenvalue weighted by atomic mass is 16.4. The molecule has 0 radical (unpaired) electrons. The SMILES string of the molecule is CCC(C)(CN)C(=O)NC(CC(=O)O)CC(C)(C)C. The highest BCUT2D eigenvalue weighted by molar-refractivity contribution is 5.83. The molecule has 0 saturated carbocycles. The Morgan fingerprint density at radius 1 is 1.26 bits per heavy atom. The van der Waals surface area contributed by atoms with Crippen molar-refractivity contribution in [2.45, 2.75) is 59.9 Å². The van der Waals surface area contributed by atoms with Crippen molar-refractivity contribution in [1.29, 1.82) is 0 Å². The maximum atomic E-state index is 12.2. The van der Waals surface area contributed by atoms with E-state index in [0.717, 1.165) is 0 Å². The molecule has 0 aromatic heterocycles. The number of carbonyl (C=O) groups is 2. The molecule has 0 heterocycles. The predicted octanol–water partition coefficient (Wildman–Crippen LogP) is 1.76. The number of rotatable bonds is 7. The molecular weight excluding hydrogens is 244 g/mol. The monoisotopic (exact) mass is 272 g/mol. The second-order valence-corrected chi connectivity index (χ2v) is 6.65. The second-order valence-electron chi connectivity index (χ2n) is 6.65. The maximum Gasteiger partial charge on any atom is 0.305 e. The fraction of sp³-hybridized carbons (Fsp3) is 0.857. The number of aliphatic carboxylic acids is 1. The number of carbonyl (C=O) groups excluding carboxylic acids is 1. The molecule has 1 amide bonds. The van der Waals surface area contributed by atoms with E-state index < -0.39 is 11.4 Å². The summed E-state index contributed by atoms with van der Waals surface area (Å²) in [5.41, 5.74) is 4.97. The number of carboxylic acid groups (broad SMARTS) is 1. The van der Waals surface area contributed by atoms with Gasteiger partial charge in [-0.05, 0) is 25.2 Å². The lowest BCUT2D eigenvalue weighted by atomic mass is 9.84. The Hall–Kier alpha value is -1.10. The Labute approximate surface area is 115 Å². The van der Waals surface area contributed by atoms with E-state index in [1.807, 2.05) is 27.7 Å². The Balaban J connectivity index is 4.81. The van der Waals surface area contributed by atoms with Gasteiger partial charge in [-0.3, -0.25) is 9.59 Å². The Morgan fingerprint density at radius 2 is 1.79 bits per heavy atom. The summed E-state index contributed by atoms with van der Waals surface area (Å²) in [7, 11) is 0. The molecule has 5 nitrogen and oxygen atoms in total. The predicted molar refractivity (Wildman–Crippen MR) is 75.7 cm³/mol. The smallest absolute Gasteiger partial charge is 0.305 e. The molecule has 0 aromatic carbocycles. The summed E-state index contributed by atoms with van der Waals surface area (Å²) in [5, 5.41) is 11.8. The number of carboxylic acids is 1. The zero-order valence-electron chi connectivity index (χ0n) is 12.7. The molecule has 2 atom stereocenters. The molecule has 0 aliphatic carbocycles. The van der Waals surface area contributed by atoms with Gasteiger partial charge in [-0.2, -0.15) is 0 Å². The van der Waals surface area contributed by atoms with Crippen LogP contribution in [0.3, 0.4) is 0 Å². The molecule has 0 bridgehead atoms. The van der Waals surface area contributed by atoms with Gasteiger partial charge >= 0.3 is 5.97 Å². The molecule has 2 unspecified atom stereocenters. The van der Waals surface area contributed by atoms with Crippen molar-refractivity contribution in [3.63, 3.8) is 0 Å². The van der Waals surface area contributed by atoms with Gasteiger partial charge in [-0.1, -0.05) is 27.7 Å². The summed E-state index contributed by atoms with van der Waals surface area (Å²) in [4.78, 5) is 23.1. The van der Waals surface area contributed by atoms with E-state index in [9.17, 15) is 9.59 Å². The summed E-state index contributed by atoms with van der Waals surface area (Å²) in [6.45, 7) is 10.0. The van der Waals surface area contributed by atoms with Crippen molar-refractivity contribution in [1.82, 2.24) is 5.32 Å². The third kappa shape index (κ3) is 6.57. The van der Waals surface area contributed by atoms with E-state index in [1.165, 1.54) is 0 Å². The first kappa shape index (κ1) is 17.9. The maximum absolute atomic E-state index is 12.2. The van der Waals surface area contributed by atoms with Crippen molar-refractivity contribution in [3.8, 4) is 0 Å². The molecule has 4 N–H and O–H groups in total. The minimum atomic E-state index is -0.902. The highest BCUT2D eigenvalue weighted by Crippen LogP contribution is 2.24. The third-order valence-electron chi connectivity index (χ3n) is 3.39. The van der Waals surface area contributed by atoms with Crippen LogP contribution < -0.4 is 11.1 Å². The number of amides is 1. The summed E-state index contributed by atoms with van der Waals surface area (Å²) in [5.74, 6) is -1.06. The summed E-state index contributed by atoms with van der Waals surface area (Å²) in [6.07, 6.45) is 1.19. The normalized spacial score (nSPS) is 16.5. The van der Waals surface area contributed by atoms with Gasteiger partial charge in [-0.15, -0.1) is 0 Å². The molecule has 0 aliphatic heterocycles. The molecule has 19 heavy (non-hydrogen) atoms. The van der Waals surface area contributed by atoms with Crippen molar-refractivity contribution in [3.05, 3.63) is 0 Å². The number of nitrogens with two attached hydrogens (primary N) is 1. The molecule has 0 aromatic rings. The molecule has 112 valence electrons. The van der Waals surface area contributed by atoms with E-state index in [0.29, 0.717) is 12.8 Å². The van der Waals surface area contributed by atoms with Crippen LogP contribution in [0.4, 0.5) is 0 Å². The van der Waals surface area contributed by atoms with E-state index in [-0.39, 0.29) is 30.3 Å². The molecule has 5 heteroatoms. The van der Waals surface area contributed by atoms with E-state index in [1.54, 1.807) is 6.92 Å². The van der Waals surface area contributed by atoms with Gasteiger partial charge < -0.3 is 16.2 Å². The molecule has 0 fully saturated rings. The van der Waals surface area contributed by atoms with Gasteiger partial charge in [0, 0.05) is 12.6 Å². The van der Waals surface area contributed by atoms with Crippen LogP contribution in [-0.2, 0) is 9.59 Å². The van der Waals surface area contributed by atoms with Crippen LogP contribution in [0.5, 0.6) is 0 Å². The number of hydrogen-bond donors (Lipinski definition) is 3. The number of nitrogens with one attached hydrogen (secondary N) is 1. The summed E-state index contributed by atoms with van der Waals surface area (Å²) in [6, 6.07) is -0.359. The molecular formula is C14H28N2O3. The van der Waals surface area contributed by atoms with E-state index >= 15 is 0 Å². The van der Waals surface area contributed by atoms with Crippen molar-refractivity contribution in [2.24, 2.45) is 16.6 Å². The van der Waals surface area contributed by atoms with Gasteiger partial charge in [0.25, 0.3) is 0 Å². The van der Waals surface area contributed by atoms with Crippen molar-refractivity contribution in [2.75, 3.05) is 6.54 Å². The minimum Gasteiger partial charge on any atom is -0.481 e.